The van der Waals surface area contributed by atoms with Crippen LogP contribution in [0.1, 0.15) is 35.3 Å². The van der Waals surface area contributed by atoms with Crippen molar-refractivity contribution in [3.8, 4) is 0 Å². The number of amides is 2. The summed E-state index contributed by atoms with van der Waals surface area (Å²) in [6, 6.07) is 13.8. The summed E-state index contributed by atoms with van der Waals surface area (Å²) in [6.07, 6.45) is 2.32. The lowest BCUT2D eigenvalue weighted by Gasteiger charge is -2.22. The molecule has 7 nitrogen and oxygen atoms in total. The van der Waals surface area contributed by atoms with Gasteiger partial charge in [-0.05, 0) is 42.7 Å². The van der Waals surface area contributed by atoms with Gasteiger partial charge in [-0.25, -0.2) is 14.2 Å². The van der Waals surface area contributed by atoms with E-state index in [1.54, 1.807) is 17.0 Å². The van der Waals surface area contributed by atoms with Gasteiger partial charge in [0.1, 0.15) is 16.6 Å². The first-order chi connectivity index (χ1) is 14.7. The van der Waals surface area contributed by atoms with Gasteiger partial charge in [-0.1, -0.05) is 35.6 Å². The van der Waals surface area contributed by atoms with Crippen LogP contribution in [0, 0.1) is 5.82 Å². The number of carbonyl (C=O) groups excluding carboxylic acids is 1. The summed E-state index contributed by atoms with van der Waals surface area (Å²) >= 11 is 1.32. The van der Waals surface area contributed by atoms with E-state index in [-0.39, 0.29) is 17.9 Å². The number of aromatic amines is 1. The van der Waals surface area contributed by atoms with Gasteiger partial charge in [-0.3, -0.25) is 5.32 Å². The summed E-state index contributed by atoms with van der Waals surface area (Å²) in [5.74, 6) is 0.534. The van der Waals surface area contributed by atoms with Crippen LogP contribution in [-0.2, 0) is 6.42 Å². The van der Waals surface area contributed by atoms with Gasteiger partial charge in [0.05, 0.1) is 17.1 Å². The van der Waals surface area contributed by atoms with Gasteiger partial charge in [0, 0.05) is 13.0 Å². The molecule has 152 valence electrons. The highest BCUT2D eigenvalue weighted by atomic mass is 32.1. The molecule has 0 saturated carbocycles. The predicted octanol–water partition coefficient (Wildman–Crippen LogP) is 4.51. The van der Waals surface area contributed by atoms with Crippen LogP contribution in [0.25, 0.3) is 11.0 Å². The lowest BCUT2D eigenvalue weighted by atomic mass is 10.2. The number of likely N-dealkylation sites (tertiary alicyclic amines) is 1. The largest absolute Gasteiger partial charge is 0.340 e. The number of para-hydroxylation sites is 2. The third-order valence-corrected chi connectivity index (χ3v) is 6.02. The van der Waals surface area contributed by atoms with E-state index < -0.39 is 0 Å². The molecule has 2 amide bonds. The van der Waals surface area contributed by atoms with Crippen molar-refractivity contribution in [2.24, 2.45) is 0 Å². The number of hydrogen-bond donors (Lipinski definition) is 2. The van der Waals surface area contributed by atoms with Gasteiger partial charge in [0.25, 0.3) is 0 Å². The molecule has 1 saturated heterocycles. The number of halogens is 1. The molecule has 3 heterocycles. The molecule has 0 radical (unpaired) electrons. The van der Waals surface area contributed by atoms with E-state index in [2.05, 4.69) is 25.5 Å². The quantitative estimate of drug-likeness (QED) is 0.506. The van der Waals surface area contributed by atoms with Gasteiger partial charge in [0.2, 0.25) is 5.13 Å². The van der Waals surface area contributed by atoms with E-state index in [0.717, 1.165) is 40.3 Å². The molecule has 1 atom stereocenters. The summed E-state index contributed by atoms with van der Waals surface area (Å²) in [5.41, 5.74) is 2.80. The first kappa shape index (κ1) is 18.7. The molecule has 1 unspecified atom stereocenters. The highest BCUT2D eigenvalue weighted by Crippen LogP contribution is 2.32. The standard InChI is InChI=1S/C21H19FN6OS/c22-14-9-7-13(8-10-14)12-18-26-27-20(30-18)25-21(29)28-11-3-6-17(28)19-23-15-4-1-2-5-16(15)24-19/h1-2,4-5,7-10,17H,3,6,11-12H2,(H,23,24)(H,25,27,29). The topological polar surface area (TPSA) is 86.8 Å². The molecule has 1 aliphatic heterocycles. The number of fused-ring (bicyclic) bond motifs is 1. The monoisotopic (exact) mass is 422 g/mol. The van der Waals surface area contributed by atoms with E-state index in [0.29, 0.717) is 18.1 Å². The minimum atomic E-state index is -0.270. The molecule has 1 fully saturated rings. The van der Waals surface area contributed by atoms with Crippen molar-refractivity contribution in [1.29, 1.82) is 0 Å². The van der Waals surface area contributed by atoms with Gasteiger partial charge in [-0.2, -0.15) is 0 Å². The maximum atomic E-state index is 13.1. The van der Waals surface area contributed by atoms with Crippen LogP contribution in [-0.4, -0.2) is 37.6 Å². The van der Waals surface area contributed by atoms with Crippen LogP contribution < -0.4 is 5.32 Å². The number of carbonyl (C=O) groups is 1. The normalized spacial score (nSPS) is 16.3. The predicted molar refractivity (Wildman–Crippen MR) is 113 cm³/mol. The third-order valence-electron chi connectivity index (χ3n) is 5.19. The van der Waals surface area contributed by atoms with E-state index >= 15 is 0 Å². The Balaban J connectivity index is 1.27. The Bertz CT molecular complexity index is 1150. The molecular weight excluding hydrogens is 403 g/mol. The molecule has 1 aliphatic rings. The number of rotatable bonds is 4. The highest BCUT2D eigenvalue weighted by Gasteiger charge is 2.32. The van der Waals surface area contributed by atoms with Crippen LogP contribution in [0.15, 0.2) is 48.5 Å². The number of H-pyrrole nitrogens is 1. The zero-order valence-corrected chi connectivity index (χ0v) is 16.8. The Morgan fingerprint density at radius 2 is 2.03 bits per heavy atom. The molecule has 0 spiro atoms. The second-order valence-corrected chi connectivity index (χ2v) is 8.29. The maximum Gasteiger partial charge on any atom is 0.324 e. The average Bonchev–Trinajstić information content (AvgIpc) is 3.48. The highest BCUT2D eigenvalue weighted by molar-refractivity contribution is 7.15. The molecule has 0 aliphatic carbocycles. The summed E-state index contributed by atoms with van der Waals surface area (Å²) in [5, 5.41) is 12.3. The first-order valence-electron chi connectivity index (χ1n) is 9.75. The van der Waals surface area contributed by atoms with Crippen molar-refractivity contribution < 1.29 is 9.18 Å². The van der Waals surface area contributed by atoms with Gasteiger partial charge in [0.15, 0.2) is 0 Å². The van der Waals surface area contributed by atoms with E-state index in [1.165, 1.54) is 23.5 Å². The van der Waals surface area contributed by atoms with Crippen LogP contribution in [0.2, 0.25) is 0 Å². The van der Waals surface area contributed by atoms with E-state index in [1.807, 2.05) is 24.3 Å². The number of anilines is 1. The summed E-state index contributed by atoms with van der Waals surface area (Å²) in [6.45, 7) is 0.661. The molecule has 2 aromatic carbocycles. The van der Waals surface area contributed by atoms with E-state index in [9.17, 15) is 9.18 Å². The number of nitrogens with zero attached hydrogens (tertiary/aromatic N) is 4. The molecule has 2 N–H and O–H groups in total. The fraction of sp³-hybridized carbons (Fsp3) is 0.238. The van der Waals surface area contributed by atoms with Crippen molar-refractivity contribution >= 4 is 33.5 Å². The first-order valence-corrected chi connectivity index (χ1v) is 10.6. The molecule has 0 bridgehead atoms. The molecule has 2 aromatic heterocycles. The van der Waals surface area contributed by atoms with Crippen LogP contribution in [0.4, 0.5) is 14.3 Å². The lowest BCUT2D eigenvalue weighted by Crippen LogP contribution is -2.34. The van der Waals surface area contributed by atoms with Crippen LogP contribution in [0.5, 0.6) is 0 Å². The smallest absolute Gasteiger partial charge is 0.324 e. The van der Waals surface area contributed by atoms with Gasteiger partial charge in [-0.15, -0.1) is 10.2 Å². The van der Waals surface area contributed by atoms with Crippen molar-refractivity contribution in [2.75, 3.05) is 11.9 Å². The summed E-state index contributed by atoms with van der Waals surface area (Å²) in [7, 11) is 0. The van der Waals surface area contributed by atoms with Crippen LogP contribution in [0.3, 0.4) is 0 Å². The number of hydrogen-bond acceptors (Lipinski definition) is 5. The Morgan fingerprint density at radius 3 is 2.87 bits per heavy atom. The number of urea groups is 1. The minimum absolute atomic E-state index is 0.0935. The Morgan fingerprint density at radius 1 is 1.20 bits per heavy atom. The molecule has 4 aromatic rings. The van der Waals surface area contributed by atoms with Crippen molar-refractivity contribution in [3.05, 3.63) is 70.7 Å². The summed E-state index contributed by atoms with van der Waals surface area (Å²) < 4.78 is 13.1. The fourth-order valence-electron chi connectivity index (χ4n) is 3.74. The zero-order chi connectivity index (χ0) is 20.5. The number of nitrogens with one attached hydrogen (secondary N) is 2. The SMILES string of the molecule is O=C(Nc1nnc(Cc2ccc(F)cc2)s1)N1CCCC1c1nc2ccccc2[nH]1. The maximum absolute atomic E-state index is 13.1. The number of aromatic nitrogens is 4. The second-order valence-electron chi connectivity index (χ2n) is 7.22. The fourth-order valence-corrected chi connectivity index (χ4v) is 4.50. The molecule has 30 heavy (non-hydrogen) atoms. The number of imidazole rings is 1. The summed E-state index contributed by atoms with van der Waals surface area (Å²) in [4.78, 5) is 22.7. The Labute approximate surface area is 176 Å². The average molecular weight is 422 g/mol. The second kappa shape index (κ2) is 7.83. The third kappa shape index (κ3) is 3.76. The van der Waals surface area contributed by atoms with Crippen LogP contribution >= 0.6 is 11.3 Å². The van der Waals surface area contributed by atoms with Crippen molar-refractivity contribution in [2.45, 2.75) is 25.3 Å². The van der Waals surface area contributed by atoms with E-state index in [4.69, 9.17) is 0 Å². The van der Waals surface area contributed by atoms with Gasteiger partial charge < -0.3 is 9.88 Å². The Kier molecular flexibility index (Phi) is 4.88. The molecule has 9 heteroatoms. The van der Waals surface area contributed by atoms with Gasteiger partial charge >= 0.3 is 6.03 Å². The van der Waals surface area contributed by atoms with Crippen molar-refractivity contribution in [3.63, 3.8) is 0 Å². The number of benzene rings is 2. The minimum Gasteiger partial charge on any atom is -0.340 e. The lowest BCUT2D eigenvalue weighted by molar-refractivity contribution is 0.205. The molecular formula is C21H19FN6OS. The Hall–Kier alpha value is -3.33. The zero-order valence-electron chi connectivity index (χ0n) is 16.0. The van der Waals surface area contributed by atoms with Crippen molar-refractivity contribution in [1.82, 2.24) is 25.1 Å². The molecule has 5 rings (SSSR count).